The number of hydrogen-bond donors (Lipinski definition) is 0. The van der Waals surface area contributed by atoms with E-state index in [0.717, 1.165) is 6.07 Å². The van der Waals surface area contributed by atoms with Crippen molar-refractivity contribution in [2.45, 2.75) is 13.2 Å². The molecule has 33 heavy (non-hydrogen) atoms. The van der Waals surface area contributed by atoms with Crippen LogP contribution < -0.4 is 0 Å². The van der Waals surface area contributed by atoms with E-state index >= 15 is 0 Å². The minimum Gasteiger partial charge on any atom is -0.381 e. The Balaban J connectivity index is 1.52. The van der Waals surface area contributed by atoms with Crippen molar-refractivity contribution in [1.82, 2.24) is 0 Å². The molecule has 0 amide bonds. The molecule has 0 N–H and O–H groups in total. The van der Waals surface area contributed by atoms with Gasteiger partial charge in [0, 0.05) is 29.2 Å². The molecule has 1 aliphatic rings. The van der Waals surface area contributed by atoms with Gasteiger partial charge in [0.1, 0.15) is 11.6 Å². The van der Waals surface area contributed by atoms with Gasteiger partial charge in [-0.05, 0) is 42.3 Å². The monoisotopic (exact) mass is 464 g/mol. The van der Waals surface area contributed by atoms with Crippen LogP contribution >= 0.6 is 0 Å². The third-order valence-electron chi connectivity index (χ3n) is 5.36. The topological polar surface area (TPSA) is 27.7 Å². The van der Waals surface area contributed by atoms with Gasteiger partial charge in [-0.25, -0.2) is 22.0 Å². The van der Waals surface area contributed by atoms with E-state index in [9.17, 15) is 22.0 Å². The molecule has 0 saturated carbocycles. The maximum atomic E-state index is 14.8. The fourth-order valence-corrected chi connectivity index (χ4v) is 3.66. The summed E-state index contributed by atoms with van der Waals surface area (Å²) in [6.07, 6.45) is -0.714. The second-order valence-corrected chi connectivity index (χ2v) is 7.71. The summed E-state index contributed by atoms with van der Waals surface area (Å²) in [5.74, 6) is -5.82. The van der Waals surface area contributed by atoms with E-state index in [1.807, 2.05) is 6.92 Å². The van der Waals surface area contributed by atoms with Gasteiger partial charge in [0.25, 0.3) is 0 Å². The number of hydrogen-bond acceptors (Lipinski definition) is 3. The largest absolute Gasteiger partial charge is 0.381 e. The standard InChI is InChI=1S/C25H21F5O3/c1-2-31-11-14-12-32-25(33-13-14)16-4-6-18(21(27)8-16)15-3-5-19(20(26)7-15)17-9-22(28)24(30)23(29)10-17/h3-10,14,25H,2,11-13H2,1H3. The van der Waals surface area contributed by atoms with Crippen molar-refractivity contribution in [2.24, 2.45) is 5.92 Å². The highest BCUT2D eigenvalue weighted by Gasteiger charge is 2.24. The average molecular weight is 464 g/mol. The third kappa shape index (κ3) is 5.08. The minimum absolute atomic E-state index is 0.106. The highest BCUT2D eigenvalue weighted by molar-refractivity contribution is 5.71. The van der Waals surface area contributed by atoms with Crippen LogP contribution in [0.3, 0.4) is 0 Å². The van der Waals surface area contributed by atoms with Crippen molar-refractivity contribution < 1.29 is 36.2 Å². The first-order valence-corrected chi connectivity index (χ1v) is 10.4. The molecule has 174 valence electrons. The van der Waals surface area contributed by atoms with Gasteiger partial charge in [0.05, 0.1) is 19.8 Å². The predicted octanol–water partition coefficient (Wildman–Crippen LogP) is 6.41. The molecule has 1 fully saturated rings. The molecule has 3 aromatic rings. The average Bonchev–Trinajstić information content (AvgIpc) is 2.81. The predicted molar refractivity (Wildman–Crippen MR) is 112 cm³/mol. The summed E-state index contributed by atoms with van der Waals surface area (Å²) in [4.78, 5) is 0. The lowest BCUT2D eigenvalue weighted by Crippen LogP contribution is -2.30. The van der Waals surface area contributed by atoms with Crippen molar-refractivity contribution in [2.75, 3.05) is 26.4 Å². The van der Waals surface area contributed by atoms with Gasteiger partial charge >= 0.3 is 0 Å². The molecular formula is C25H21F5O3. The van der Waals surface area contributed by atoms with E-state index in [4.69, 9.17) is 14.2 Å². The zero-order valence-electron chi connectivity index (χ0n) is 17.7. The summed E-state index contributed by atoms with van der Waals surface area (Å²) in [7, 11) is 0. The van der Waals surface area contributed by atoms with Gasteiger partial charge < -0.3 is 14.2 Å². The molecule has 3 aromatic carbocycles. The van der Waals surface area contributed by atoms with Gasteiger partial charge in [-0.1, -0.05) is 24.3 Å². The minimum atomic E-state index is -1.63. The van der Waals surface area contributed by atoms with Crippen LogP contribution in [0.1, 0.15) is 18.8 Å². The summed E-state index contributed by atoms with van der Waals surface area (Å²) in [6.45, 7) is 3.87. The lowest BCUT2D eigenvalue weighted by Gasteiger charge is -2.29. The van der Waals surface area contributed by atoms with E-state index in [-0.39, 0.29) is 28.2 Å². The second kappa shape index (κ2) is 9.99. The Hall–Kier alpha value is -2.81. The SMILES string of the molecule is CCOCC1COC(c2ccc(-c3ccc(-c4cc(F)c(F)c(F)c4)c(F)c3)c(F)c2)OC1. The van der Waals surface area contributed by atoms with Gasteiger partial charge in [-0.3, -0.25) is 0 Å². The van der Waals surface area contributed by atoms with Crippen molar-refractivity contribution in [3.8, 4) is 22.3 Å². The summed E-state index contributed by atoms with van der Waals surface area (Å²) in [5.41, 5.74) is 0.538. The third-order valence-corrected chi connectivity index (χ3v) is 5.36. The second-order valence-electron chi connectivity index (χ2n) is 7.71. The van der Waals surface area contributed by atoms with E-state index in [2.05, 4.69) is 0 Å². The Morgan fingerprint density at radius 1 is 0.758 bits per heavy atom. The van der Waals surface area contributed by atoms with E-state index < -0.39 is 35.4 Å². The molecule has 8 heteroatoms. The molecule has 0 atom stereocenters. The number of halogens is 5. The summed E-state index contributed by atoms with van der Waals surface area (Å²) >= 11 is 0. The van der Waals surface area contributed by atoms with E-state index in [1.54, 1.807) is 6.07 Å². The molecule has 1 heterocycles. The Morgan fingerprint density at radius 2 is 1.33 bits per heavy atom. The molecule has 0 unspecified atom stereocenters. The molecule has 0 aromatic heterocycles. The highest BCUT2D eigenvalue weighted by atomic mass is 19.2. The van der Waals surface area contributed by atoms with Gasteiger partial charge in [-0.15, -0.1) is 0 Å². The molecule has 0 bridgehead atoms. The number of rotatable bonds is 6. The maximum absolute atomic E-state index is 14.8. The molecule has 0 radical (unpaired) electrons. The summed E-state index contributed by atoms with van der Waals surface area (Å²) in [5, 5.41) is 0. The molecule has 3 nitrogen and oxygen atoms in total. The Morgan fingerprint density at radius 3 is 1.94 bits per heavy atom. The lowest BCUT2D eigenvalue weighted by molar-refractivity contribution is -0.211. The zero-order valence-corrected chi connectivity index (χ0v) is 17.7. The van der Waals surface area contributed by atoms with Gasteiger partial charge in [0.15, 0.2) is 23.7 Å². The Labute approximate surface area is 187 Å². The van der Waals surface area contributed by atoms with Gasteiger partial charge in [0.2, 0.25) is 0 Å². The summed E-state index contributed by atoms with van der Waals surface area (Å²) in [6, 6.07) is 9.51. The zero-order chi connectivity index (χ0) is 23.5. The van der Waals surface area contributed by atoms with Crippen LogP contribution in [0.2, 0.25) is 0 Å². The fourth-order valence-electron chi connectivity index (χ4n) is 3.66. The van der Waals surface area contributed by atoms with Crippen molar-refractivity contribution in [3.63, 3.8) is 0 Å². The van der Waals surface area contributed by atoms with Crippen LogP contribution in [-0.2, 0) is 14.2 Å². The van der Waals surface area contributed by atoms with Crippen LogP contribution in [-0.4, -0.2) is 26.4 Å². The van der Waals surface area contributed by atoms with E-state index in [1.165, 1.54) is 24.3 Å². The van der Waals surface area contributed by atoms with E-state index in [0.29, 0.717) is 44.1 Å². The molecule has 1 aliphatic heterocycles. The Bertz CT molecular complexity index is 1120. The van der Waals surface area contributed by atoms with Crippen LogP contribution in [0.5, 0.6) is 0 Å². The summed E-state index contributed by atoms with van der Waals surface area (Å²) < 4.78 is 86.4. The molecule has 0 aliphatic carbocycles. The number of benzene rings is 3. The van der Waals surface area contributed by atoms with Crippen molar-refractivity contribution in [1.29, 1.82) is 0 Å². The van der Waals surface area contributed by atoms with Crippen LogP contribution in [0.4, 0.5) is 22.0 Å². The molecule has 1 saturated heterocycles. The smallest absolute Gasteiger partial charge is 0.194 e. The first-order valence-electron chi connectivity index (χ1n) is 10.4. The lowest BCUT2D eigenvalue weighted by atomic mass is 9.98. The van der Waals surface area contributed by atoms with Crippen LogP contribution in [0, 0.1) is 35.0 Å². The van der Waals surface area contributed by atoms with Gasteiger partial charge in [-0.2, -0.15) is 0 Å². The number of ether oxygens (including phenoxy) is 3. The normalized spacial score (nSPS) is 18.5. The Kier molecular flexibility index (Phi) is 7.07. The maximum Gasteiger partial charge on any atom is 0.194 e. The quantitative estimate of drug-likeness (QED) is 0.312. The van der Waals surface area contributed by atoms with Crippen LogP contribution in [0.15, 0.2) is 48.5 Å². The fraction of sp³-hybridized carbons (Fsp3) is 0.280. The first kappa shape index (κ1) is 23.4. The van der Waals surface area contributed by atoms with Crippen molar-refractivity contribution in [3.05, 3.63) is 83.2 Å². The molecular weight excluding hydrogens is 443 g/mol. The van der Waals surface area contributed by atoms with Crippen molar-refractivity contribution >= 4 is 0 Å². The van der Waals surface area contributed by atoms with Crippen LogP contribution in [0.25, 0.3) is 22.3 Å². The molecule has 4 rings (SSSR count). The highest BCUT2D eigenvalue weighted by Crippen LogP contribution is 2.33. The first-order chi connectivity index (χ1) is 15.9. The molecule has 0 spiro atoms.